The van der Waals surface area contributed by atoms with E-state index in [-0.39, 0.29) is 10.8 Å². The van der Waals surface area contributed by atoms with Crippen molar-refractivity contribution in [3.63, 3.8) is 0 Å². The largest absolute Gasteiger partial charge is 0.408 e. The van der Waals surface area contributed by atoms with E-state index >= 15 is 0 Å². The first kappa shape index (κ1) is 11.9. The van der Waals surface area contributed by atoms with Crippen molar-refractivity contribution in [3.05, 3.63) is 21.3 Å². The number of aryl methyl sites for hydroxylation is 1. The lowest BCUT2D eigenvalue weighted by molar-refractivity contribution is -0.389. The Morgan fingerprint density at radius 3 is 2.80 bits per heavy atom. The summed E-state index contributed by atoms with van der Waals surface area (Å²) < 4.78 is 1.50. The second kappa shape index (κ2) is 5.09. The molecule has 0 unspecified atom stereocenters. The highest BCUT2D eigenvalue weighted by atomic mass is 35.5. The van der Waals surface area contributed by atoms with Crippen LogP contribution in [0.4, 0.5) is 5.82 Å². The fourth-order valence-corrected chi connectivity index (χ4v) is 1.39. The Kier molecular flexibility index (Phi) is 4.05. The van der Waals surface area contributed by atoms with Gasteiger partial charge in [0.2, 0.25) is 0 Å². The van der Waals surface area contributed by atoms with Crippen LogP contribution in [0.15, 0.2) is 6.20 Å². The smallest absolute Gasteiger partial charge is 0.358 e. The number of hydrogen-bond acceptors (Lipinski definition) is 4. The summed E-state index contributed by atoms with van der Waals surface area (Å²) in [6.07, 6.45) is 2.36. The molecule has 15 heavy (non-hydrogen) atoms. The average Bonchev–Trinajstić information content (AvgIpc) is 2.46. The normalized spacial score (nSPS) is 10.9. The second-order valence-corrected chi connectivity index (χ2v) is 3.88. The van der Waals surface area contributed by atoms with Gasteiger partial charge in [-0.05, 0) is 32.0 Å². The van der Waals surface area contributed by atoms with Gasteiger partial charge in [-0.25, -0.2) is 0 Å². The minimum absolute atomic E-state index is 0.0878. The highest BCUT2D eigenvalue weighted by Gasteiger charge is 2.18. The zero-order valence-electron chi connectivity index (χ0n) is 8.68. The maximum absolute atomic E-state index is 10.5. The van der Waals surface area contributed by atoms with Gasteiger partial charge in [-0.15, -0.1) is 0 Å². The molecule has 0 amide bonds. The minimum Gasteiger partial charge on any atom is -0.358 e. The molecule has 1 rings (SSSR count). The molecule has 1 heterocycles. The molecule has 7 heteroatoms. The van der Waals surface area contributed by atoms with Crippen LogP contribution in [0.25, 0.3) is 0 Å². The van der Waals surface area contributed by atoms with Gasteiger partial charge in [-0.2, -0.15) is 4.68 Å². The summed E-state index contributed by atoms with van der Waals surface area (Å²) in [5.41, 5.74) is 0. The van der Waals surface area contributed by atoms with Crippen molar-refractivity contribution in [1.82, 2.24) is 14.7 Å². The maximum Gasteiger partial charge on any atom is 0.408 e. The van der Waals surface area contributed by atoms with Crippen LogP contribution < -0.4 is 0 Å². The Labute approximate surface area is 92.6 Å². The monoisotopic (exact) mass is 232 g/mol. The summed E-state index contributed by atoms with van der Waals surface area (Å²) in [7, 11) is 3.94. The molecule has 0 aliphatic carbocycles. The summed E-state index contributed by atoms with van der Waals surface area (Å²) in [6.45, 7) is 1.54. The van der Waals surface area contributed by atoms with Crippen molar-refractivity contribution >= 4 is 17.4 Å². The van der Waals surface area contributed by atoms with Crippen LogP contribution in [0.2, 0.25) is 5.02 Å². The number of hydrogen-bond donors (Lipinski definition) is 0. The van der Waals surface area contributed by atoms with Gasteiger partial charge in [0.15, 0.2) is 5.02 Å². The summed E-state index contributed by atoms with van der Waals surface area (Å²) in [5.74, 6) is -0.276. The van der Waals surface area contributed by atoms with Crippen molar-refractivity contribution in [2.45, 2.75) is 13.0 Å². The topological polar surface area (TPSA) is 64.2 Å². The van der Waals surface area contributed by atoms with Gasteiger partial charge in [0, 0.05) is 0 Å². The van der Waals surface area contributed by atoms with E-state index in [9.17, 15) is 10.1 Å². The number of rotatable bonds is 5. The Hall–Kier alpha value is -1.14. The van der Waals surface area contributed by atoms with E-state index in [1.165, 1.54) is 10.9 Å². The molecule has 6 nitrogen and oxygen atoms in total. The molecule has 0 aromatic carbocycles. The lowest BCUT2D eigenvalue weighted by atomic mass is 10.4. The van der Waals surface area contributed by atoms with Crippen LogP contribution in [-0.2, 0) is 6.54 Å². The maximum atomic E-state index is 10.5. The van der Waals surface area contributed by atoms with Gasteiger partial charge in [-0.1, -0.05) is 11.6 Å². The molecule has 0 bridgehead atoms. The molecule has 0 N–H and O–H groups in total. The first-order valence-corrected chi connectivity index (χ1v) is 4.90. The molecule has 0 saturated heterocycles. The van der Waals surface area contributed by atoms with Crippen molar-refractivity contribution in [3.8, 4) is 0 Å². The van der Waals surface area contributed by atoms with Crippen molar-refractivity contribution in [2.75, 3.05) is 20.6 Å². The lowest BCUT2D eigenvalue weighted by Gasteiger charge is -2.07. The van der Waals surface area contributed by atoms with Crippen LogP contribution >= 0.6 is 11.6 Å². The van der Waals surface area contributed by atoms with Crippen molar-refractivity contribution in [2.24, 2.45) is 0 Å². The number of halogens is 1. The highest BCUT2D eigenvalue weighted by Crippen LogP contribution is 2.21. The molecule has 0 spiro atoms. The molecule has 0 radical (unpaired) electrons. The van der Waals surface area contributed by atoms with Crippen LogP contribution in [0, 0.1) is 10.1 Å². The zero-order chi connectivity index (χ0) is 11.4. The Morgan fingerprint density at radius 2 is 2.33 bits per heavy atom. The van der Waals surface area contributed by atoms with Gasteiger partial charge in [0.05, 0.1) is 17.8 Å². The highest BCUT2D eigenvalue weighted by molar-refractivity contribution is 6.32. The zero-order valence-corrected chi connectivity index (χ0v) is 9.44. The molecule has 1 aromatic rings. The lowest BCUT2D eigenvalue weighted by Crippen LogP contribution is -2.15. The summed E-state index contributed by atoms with van der Waals surface area (Å²) in [4.78, 5) is 11.9. The van der Waals surface area contributed by atoms with E-state index in [0.29, 0.717) is 6.54 Å². The van der Waals surface area contributed by atoms with Crippen LogP contribution in [-0.4, -0.2) is 40.2 Å². The Morgan fingerprint density at radius 1 is 1.67 bits per heavy atom. The summed E-state index contributed by atoms with van der Waals surface area (Å²) in [5, 5.41) is 14.3. The second-order valence-electron chi connectivity index (χ2n) is 3.48. The number of nitro groups is 1. The van der Waals surface area contributed by atoms with Crippen LogP contribution in [0.1, 0.15) is 6.42 Å². The van der Waals surface area contributed by atoms with E-state index in [2.05, 4.69) is 5.10 Å². The molecule has 0 aliphatic rings. The van der Waals surface area contributed by atoms with E-state index < -0.39 is 4.92 Å². The molecular formula is C8H13ClN4O2. The summed E-state index contributed by atoms with van der Waals surface area (Å²) >= 11 is 5.65. The molecule has 0 fully saturated rings. The average molecular weight is 233 g/mol. The Bertz CT molecular complexity index is 350. The number of aromatic nitrogens is 2. The first-order valence-electron chi connectivity index (χ1n) is 4.53. The minimum atomic E-state index is -0.579. The fraction of sp³-hybridized carbons (Fsp3) is 0.625. The first-order chi connectivity index (χ1) is 7.00. The third-order valence-electron chi connectivity index (χ3n) is 1.86. The quantitative estimate of drug-likeness (QED) is 0.569. The molecule has 84 valence electrons. The molecule has 1 aromatic heterocycles. The molecular weight excluding hydrogens is 220 g/mol. The molecule has 0 atom stereocenters. The predicted molar refractivity (Wildman–Crippen MR) is 57.1 cm³/mol. The number of nitrogens with zero attached hydrogens (tertiary/aromatic N) is 4. The van der Waals surface area contributed by atoms with Crippen LogP contribution in [0.5, 0.6) is 0 Å². The fourth-order valence-electron chi connectivity index (χ4n) is 1.17. The SMILES string of the molecule is CN(C)CCCn1cc(Cl)c([N+](=O)[O-])n1. The van der Waals surface area contributed by atoms with Crippen LogP contribution in [0.3, 0.4) is 0 Å². The molecule has 0 saturated carbocycles. The summed E-state index contributed by atoms with van der Waals surface area (Å²) in [6, 6.07) is 0. The predicted octanol–water partition coefficient (Wildman–Crippen LogP) is 1.40. The van der Waals surface area contributed by atoms with Gasteiger partial charge >= 0.3 is 5.82 Å². The van der Waals surface area contributed by atoms with Gasteiger partial charge in [0.25, 0.3) is 0 Å². The van der Waals surface area contributed by atoms with E-state index in [4.69, 9.17) is 11.6 Å². The molecule has 0 aliphatic heterocycles. The third kappa shape index (κ3) is 3.49. The van der Waals surface area contributed by atoms with Gasteiger partial charge in [0.1, 0.15) is 0 Å². The van der Waals surface area contributed by atoms with E-state index in [1.807, 2.05) is 19.0 Å². The van der Waals surface area contributed by atoms with E-state index in [0.717, 1.165) is 13.0 Å². The Balaban J connectivity index is 2.56. The van der Waals surface area contributed by atoms with Crippen molar-refractivity contribution in [1.29, 1.82) is 0 Å². The van der Waals surface area contributed by atoms with Gasteiger partial charge in [-0.3, -0.25) is 0 Å². The van der Waals surface area contributed by atoms with Gasteiger partial charge < -0.3 is 15.0 Å². The third-order valence-corrected chi connectivity index (χ3v) is 2.13. The standard InChI is InChI=1S/C8H13ClN4O2/c1-11(2)4-3-5-12-6-7(9)8(10-12)13(14)15/h6H,3-5H2,1-2H3. The van der Waals surface area contributed by atoms with E-state index in [1.54, 1.807) is 0 Å². The van der Waals surface area contributed by atoms with Crippen molar-refractivity contribution < 1.29 is 4.92 Å².